The standard InChI is InChI=1S/C28H36FNO6S2/c1-6-8-22-26(37-16-15-23(31)36-28(3,4)5)24(27(32)33)25(19-9-7-10-20(29)17-19)30(22)38(34,35)21-13-11-18(2)12-14-21/h7,9-14,17,22,24-26H,6,8,15-16H2,1-5H3,(H,32,33)/t22-,24+,25?,26-/m1/s1. The number of hydrogen-bond acceptors (Lipinski definition) is 6. The van der Waals surface area contributed by atoms with Gasteiger partial charge in [-0.2, -0.15) is 16.1 Å². The Bertz CT molecular complexity index is 1240. The molecule has 0 spiro atoms. The maximum absolute atomic E-state index is 14.3. The number of thioether (sulfide) groups is 1. The van der Waals surface area contributed by atoms with Crippen LogP contribution in [0.25, 0.3) is 0 Å². The van der Waals surface area contributed by atoms with Crippen LogP contribution in [0.1, 0.15) is 64.1 Å². The fraction of sp³-hybridized carbons (Fsp3) is 0.500. The minimum Gasteiger partial charge on any atom is -0.481 e. The normalized spacial score (nSPS) is 22.4. The number of sulfonamides is 1. The van der Waals surface area contributed by atoms with Gasteiger partial charge in [-0.3, -0.25) is 9.59 Å². The van der Waals surface area contributed by atoms with Gasteiger partial charge >= 0.3 is 11.9 Å². The summed E-state index contributed by atoms with van der Waals surface area (Å²) in [6, 6.07) is 10.1. The van der Waals surface area contributed by atoms with Crippen molar-refractivity contribution in [2.75, 3.05) is 5.75 Å². The number of rotatable bonds is 10. The van der Waals surface area contributed by atoms with Crippen molar-refractivity contribution >= 4 is 33.7 Å². The van der Waals surface area contributed by atoms with Gasteiger partial charge in [0.05, 0.1) is 23.3 Å². The maximum atomic E-state index is 14.3. The summed E-state index contributed by atoms with van der Waals surface area (Å²) in [4.78, 5) is 25.1. The molecule has 208 valence electrons. The van der Waals surface area contributed by atoms with Crippen molar-refractivity contribution < 1.29 is 32.2 Å². The second kappa shape index (κ2) is 12.2. The van der Waals surface area contributed by atoms with Crippen LogP contribution in [0.4, 0.5) is 4.39 Å². The number of aliphatic carboxylic acids is 1. The molecule has 10 heteroatoms. The van der Waals surface area contributed by atoms with E-state index in [-0.39, 0.29) is 22.6 Å². The summed E-state index contributed by atoms with van der Waals surface area (Å²) < 4.78 is 49.2. The molecule has 1 N–H and O–H groups in total. The zero-order chi connectivity index (χ0) is 28.3. The molecule has 1 aliphatic heterocycles. The molecule has 2 aromatic rings. The monoisotopic (exact) mass is 565 g/mol. The van der Waals surface area contributed by atoms with Gasteiger partial charge in [-0.05, 0) is 63.9 Å². The van der Waals surface area contributed by atoms with Crippen LogP contribution in [0, 0.1) is 18.7 Å². The van der Waals surface area contributed by atoms with E-state index in [1.807, 2.05) is 13.8 Å². The van der Waals surface area contributed by atoms with E-state index in [1.54, 1.807) is 39.0 Å². The Balaban J connectivity index is 2.08. The third-order valence-electron chi connectivity index (χ3n) is 6.37. The molecule has 0 saturated carbocycles. The van der Waals surface area contributed by atoms with Gasteiger partial charge in [0.25, 0.3) is 0 Å². The van der Waals surface area contributed by atoms with Crippen molar-refractivity contribution in [3.05, 3.63) is 65.5 Å². The smallest absolute Gasteiger partial charge is 0.309 e. The highest BCUT2D eigenvalue weighted by molar-refractivity contribution is 8.00. The number of carboxylic acids is 1. The largest absolute Gasteiger partial charge is 0.481 e. The number of halogens is 1. The predicted molar refractivity (Wildman–Crippen MR) is 146 cm³/mol. The van der Waals surface area contributed by atoms with Crippen molar-refractivity contribution in [1.29, 1.82) is 0 Å². The molecule has 7 nitrogen and oxygen atoms in total. The van der Waals surface area contributed by atoms with Gasteiger partial charge in [0, 0.05) is 17.0 Å². The number of carboxylic acid groups (broad SMARTS) is 1. The quantitative estimate of drug-likeness (QED) is 0.375. The van der Waals surface area contributed by atoms with Crippen LogP contribution in [0.15, 0.2) is 53.4 Å². The predicted octanol–water partition coefficient (Wildman–Crippen LogP) is 5.58. The molecule has 0 amide bonds. The highest BCUT2D eigenvalue weighted by Gasteiger charge is 2.57. The van der Waals surface area contributed by atoms with Crippen LogP contribution in [0.3, 0.4) is 0 Å². The molecular formula is C28H36FNO6S2. The number of esters is 1. The van der Waals surface area contributed by atoms with Gasteiger partial charge in [-0.25, -0.2) is 12.8 Å². The molecule has 0 bridgehead atoms. The van der Waals surface area contributed by atoms with Gasteiger partial charge < -0.3 is 9.84 Å². The van der Waals surface area contributed by atoms with Crippen molar-refractivity contribution in [2.45, 2.75) is 81.7 Å². The zero-order valence-electron chi connectivity index (χ0n) is 22.4. The molecule has 1 fully saturated rings. The summed E-state index contributed by atoms with van der Waals surface area (Å²) >= 11 is 1.26. The van der Waals surface area contributed by atoms with Crippen LogP contribution in [0.2, 0.25) is 0 Å². The molecule has 0 aliphatic carbocycles. The van der Waals surface area contributed by atoms with Crippen molar-refractivity contribution in [3.63, 3.8) is 0 Å². The van der Waals surface area contributed by atoms with Gasteiger partial charge in [-0.15, -0.1) is 0 Å². The summed E-state index contributed by atoms with van der Waals surface area (Å²) in [5, 5.41) is 9.74. The third kappa shape index (κ3) is 6.95. The summed E-state index contributed by atoms with van der Waals surface area (Å²) in [7, 11) is -4.16. The molecule has 2 aromatic carbocycles. The highest BCUT2D eigenvalue weighted by atomic mass is 32.2. The lowest BCUT2D eigenvalue weighted by Crippen LogP contribution is -2.40. The maximum Gasteiger partial charge on any atom is 0.309 e. The van der Waals surface area contributed by atoms with Crippen LogP contribution in [0.5, 0.6) is 0 Å². The first-order valence-electron chi connectivity index (χ1n) is 12.7. The topological polar surface area (TPSA) is 101 Å². The van der Waals surface area contributed by atoms with Crippen LogP contribution in [-0.2, 0) is 24.3 Å². The SMILES string of the molecule is CCC[C@@H]1[C@@H](SCCC(=O)OC(C)(C)C)[C@@H](C(=O)O)C(c2cccc(F)c2)N1S(=O)(=O)c1ccc(C)cc1. The van der Waals surface area contributed by atoms with Gasteiger partial charge in [0.15, 0.2) is 0 Å². The second-order valence-corrected chi connectivity index (χ2v) is 13.7. The molecule has 0 aromatic heterocycles. The van der Waals surface area contributed by atoms with Gasteiger partial charge in [-0.1, -0.05) is 43.2 Å². The first-order valence-corrected chi connectivity index (χ1v) is 15.2. The molecule has 1 saturated heterocycles. The molecule has 1 unspecified atom stereocenters. The number of benzene rings is 2. The van der Waals surface area contributed by atoms with Crippen molar-refractivity contribution in [2.24, 2.45) is 5.92 Å². The van der Waals surface area contributed by atoms with E-state index >= 15 is 0 Å². The van der Waals surface area contributed by atoms with E-state index in [0.717, 1.165) is 5.56 Å². The minimum atomic E-state index is -4.16. The number of ether oxygens (including phenoxy) is 1. The highest BCUT2D eigenvalue weighted by Crippen LogP contribution is 2.50. The van der Waals surface area contributed by atoms with Crippen LogP contribution in [-0.4, -0.2) is 52.4 Å². The number of aryl methyl sites for hydroxylation is 1. The van der Waals surface area contributed by atoms with Gasteiger partial charge in [0.2, 0.25) is 10.0 Å². The summed E-state index contributed by atoms with van der Waals surface area (Å²) in [6.07, 6.45) is 1.07. The number of nitrogens with zero attached hydrogens (tertiary/aromatic N) is 1. The van der Waals surface area contributed by atoms with Crippen LogP contribution < -0.4 is 0 Å². The molecule has 1 heterocycles. The van der Waals surface area contributed by atoms with E-state index in [0.29, 0.717) is 12.8 Å². The molecule has 4 atom stereocenters. The van der Waals surface area contributed by atoms with Crippen molar-refractivity contribution in [3.8, 4) is 0 Å². The summed E-state index contributed by atoms with van der Waals surface area (Å²) in [5.41, 5.74) is 0.519. The Labute approximate surface area is 228 Å². The molecular weight excluding hydrogens is 529 g/mol. The Kier molecular flexibility index (Phi) is 9.65. The second-order valence-electron chi connectivity index (χ2n) is 10.5. The number of hydrogen-bond donors (Lipinski definition) is 1. The molecule has 0 radical (unpaired) electrons. The van der Waals surface area contributed by atoms with E-state index in [4.69, 9.17) is 4.74 Å². The zero-order valence-corrected chi connectivity index (χ0v) is 24.0. The lowest BCUT2D eigenvalue weighted by atomic mass is 9.92. The Hall–Kier alpha value is -2.43. The fourth-order valence-corrected chi connectivity index (χ4v) is 8.35. The number of carbonyl (C=O) groups is 2. The van der Waals surface area contributed by atoms with E-state index in [9.17, 15) is 27.5 Å². The van der Waals surface area contributed by atoms with E-state index in [1.165, 1.54) is 46.4 Å². The lowest BCUT2D eigenvalue weighted by molar-refractivity contribution is -0.154. The molecule has 1 aliphatic rings. The minimum absolute atomic E-state index is 0.0501. The Morgan fingerprint density at radius 2 is 1.79 bits per heavy atom. The number of carbonyl (C=O) groups excluding carboxylic acids is 1. The van der Waals surface area contributed by atoms with Crippen molar-refractivity contribution in [1.82, 2.24) is 4.31 Å². The van der Waals surface area contributed by atoms with Crippen LogP contribution >= 0.6 is 11.8 Å². The van der Waals surface area contributed by atoms with Gasteiger partial charge in [0.1, 0.15) is 11.4 Å². The molecule has 38 heavy (non-hydrogen) atoms. The average molecular weight is 566 g/mol. The lowest BCUT2D eigenvalue weighted by Gasteiger charge is -2.31. The Morgan fingerprint density at radius 3 is 2.34 bits per heavy atom. The fourth-order valence-electron chi connectivity index (χ4n) is 4.88. The summed E-state index contributed by atoms with van der Waals surface area (Å²) in [5.74, 6) is -3.05. The average Bonchev–Trinajstić information content (AvgIpc) is 3.13. The molecule has 3 rings (SSSR count). The first kappa shape index (κ1) is 30.1. The van der Waals surface area contributed by atoms with E-state index < -0.39 is 56.6 Å². The summed E-state index contributed by atoms with van der Waals surface area (Å²) in [6.45, 7) is 9.06. The Morgan fingerprint density at radius 1 is 1.13 bits per heavy atom. The third-order valence-corrected chi connectivity index (χ3v) is 9.72. The first-order chi connectivity index (χ1) is 17.8. The van der Waals surface area contributed by atoms with E-state index in [2.05, 4.69) is 0 Å².